The molecule has 0 fully saturated rings. The van der Waals surface area contributed by atoms with Gasteiger partial charge in [-0.3, -0.25) is 4.79 Å². The molecule has 0 spiro atoms. The molecule has 1 N–H and O–H groups in total. The first-order chi connectivity index (χ1) is 8.22. The second-order valence-corrected chi connectivity index (χ2v) is 4.28. The third-order valence-electron chi connectivity index (χ3n) is 2.04. The van der Waals surface area contributed by atoms with E-state index >= 15 is 0 Å². The predicted molar refractivity (Wildman–Crippen MR) is 69.3 cm³/mol. The van der Waals surface area contributed by atoms with Crippen LogP contribution < -0.4 is 5.56 Å². The Bertz CT molecular complexity index is 570. The van der Waals surface area contributed by atoms with Crippen LogP contribution in [0, 0.1) is 3.57 Å². The standard InChI is InChI=1S/C10H9IN4O2/c1-17-4-7-8(11)10(16)15-9(14-7)6-2-3-12-5-13-6/h2-3,5H,4H2,1H3,(H,14,15,16). The zero-order valence-corrected chi connectivity index (χ0v) is 11.1. The molecular weight excluding hydrogens is 335 g/mol. The predicted octanol–water partition coefficient (Wildman–Crippen LogP) is 0.978. The molecular formula is C10H9IN4O2. The Labute approximate surface area is 111 Å². The molecule has 7 heteroatoms. The number of nitrogens with zero attached hydrogens (tertiary/aromatic N) is 3. The Morgan fingerprint density at radius 1 is 1.53 bits per heavy atom. The van der Waals surface area contributed by atoms with E-state index in [-0.39, 0.29) is 5.56 Å². The minimum Gasteiger partial charge on any atom is -0.378 e. The van der Waals surface area contributed by atoms with E-state index in [1.807, 2.05) is 22.6 Å². The van der Waals surface area contributed by atoms with Crippen molar-refractivity contribution in [2.45, 2.75) is 6.61 Å². The summed E-state index contributed by atoms with van der Waals surface area (Å²) in [7, 11) is 1.56. The van der Waals surface area contributed by atoms with Crippen LogP contribution in [-0.2, 0) is 11.3 Å². The van der Waals surface area contributed by atoms with Crippen LogP contribution in [0.1, 0.15) is 5.69 Å². The lowest BCUT2D eigenvalue weighted by Gasteiger charge is -2.05. The topological polar surface area (TPSA) is 80.8 Å². The van der Waals surface area contributed by atoms with Crippen molar-refractivity contribution in [1.29, 1.82) is 0 Å². The number of hydrogen-bond donors (Lipinski definition) is 1. The van der Waals surface area contributed by atoms with Gasteiger partial charge in [-0.05, 0) is 28.7 Å². The van der Waals surface area contributed by atoms with Crippen molar-refractivity contribution in [3.05, 3.63) is 38.2 Å². The van der Waals surface area contributed by atoms with E-state index in [0.717, 1.165) is 0 Å². The van der Waals surface area contributed by atoms with Crippen LogP contribution >= 0.6 is 22.6 Å². The molecule has 0 saturated heterocycles. The molecule has 0 aromatic carbocycles. The van der Waals surface area contributed by atoms with Gasteiger partial charge in [-0.1, -0.05) is 0 Å². The van der Waals surface area contributed by atoms with Crippen LogP contribution in [0.3, 0.4) is 0 Å². The second-order valence-electron chi connectivity index (χ2n) is 3.20. The molecule has 2 rings (SSSR count). The van der Waals surface area contributed by atoms with Gasteiger partial charge in [0.25, 0.3) is 5.56 Å². The lowest BCUT2D eigenvalue weighted by molar-refractivity contribution is 0.180. The van der Waals surface area contributed by atoms with Gasteiger partial charge >= 0.3 is 0 Å². The number of hydrogen-bond acceptors (Lipinski definition) is 5. The van der Waals surface area contributed by atoms with Gasteiger partial charge in [-0.25, -0.2) is 15.0 Å². The average Bonchev–Trinajstić information content (AvgIpc) is 2.36. The molecule has 0 aliphatic carbocycles. The molecule has 88 valence electrons. The Kier molecular flexibility index (Phi) is 3.79. The molecule has 0 saturated carbocycles. The first-order valence-corrected chi connectivity index (χ1v) is 5.84. The van der Waals surface area contributed by atoms with Crippen molar-refractivity contribution >= 4 is 22.6 Å². The summed E-state index contributed by atoms with van der Waals surface area (Å²) in [5.41, 5.74) is 0.984. The summed E-state index contributed by atoms with van der Waals surface area (Å²) < 4.78 is 5.53. The first-order valence-electron chi connectivity index (χ1n) is 4.76. The molecule has 0 bridgehead atoms. The van der Waals surface area contributed by atoms with Crippen LogP contribution in [0.2, 0.25) is 0 Å². The number of halogens is 1. The summed E-state index contributed by atoms with van der Waals surface area (Å²) in [5.74, 6) is 0.421. The SMILES string of the molecule is COCc1nc(-c2ccncn2)[nH]c(=O)c1I. The van der Waals surface area contributed by atoms with E-state index in [4.69, 9.17) is 4.74 Å². The Balaban J connectivity index is 2.53. The number of ether oxygens (including phenoxy) is 1. The minimum atomic E-state index is -0.193. The third kappa shape index (κ3) is 2.67. The fourth-order valence-corrected chi connectivity index (χ4v) is 1.70. The molecule has 0 aliphatic heterocycles. The molecule has 0 atom stereocenters. The summed E-state index contributed by atoms with van der Waals surface area (Å²) in [6, 6.07) is 1.68. The number of methoxy groups -OCH3 is 1. The smallest absolute Gasteiger partial charge is 0.265 e. The van der Waals surface area contributed by atoms with Crippen molar-refractivity contribution < 1.29 is 4.74 Å². The fourth-order valence-electron chi connectivity index (χ4n) is 1.29. The first kappa shape index (κ1) is 12.1. The average molecular weight is 344 g/mol. The molecule has 17 heavy (non-hydrogen) atoms. The molecule has 2 aromatic heterocycles. The zero-order chi connectivity index (χ0) is 12.3. The Hall–Kier alpha value is -1.35. The van der Waals surface area contributed by atoms with Crippen molar-refractivity contribution in [2.24, 2.45) is 0 Å². The van der Waals surface area contributed by atoms with Gasteiger partial charge in [-0.2, -0.15) is 0 Å². The molecule has 0 radical (unpaired) electrons. The van der Waals surface area contributed by atoms with Crippen molar-refractivity contribution in [2.75, 3.05) is 7.11 Å². The van der Waals surface area contributed by atoms with Gasteiger partial charge in [0.1, 0.15) is 15.6 Å². The Morgan fingerprint density at radius 2 is 2.35 bits per heavy atom. The maximum atomic E-state index is 11.7. The molecule has 2 aromatic rings. The molecule has 0 aliphatic rings. The summed E-state index contributed by atoms with van der Waals surface area (Å²) >= 11 is 1.95. The largest absolute Gasteiger partial charge is 0.378 e. The number of rotatable bonds is 3. The van der Waals surface area contributed by atoms with Gasteiger partial charge in [0.05, 0.1) is 12.3 Å². The van der Waals surface area contributed by atoms with Gasteiger partial charge < -0.3 is 9.72 Å². The minimum absolute atomic E-state index is 0.193. The van der Waals surface area contributed by atoms with Gasteiger partial charge in [-0.15, -0.1) is 0 Å². The quantitative estimate of drug-likeness (QED) is 0.840. The fraction of sp³-hybridized carbons (Fsp3) is 0.200. The van der Waals surface area contributed by atoms with E-state index in [9.17, 15) is 4.79 Å². The number of H-pyrrole nitrogens is 1. The van der Waals surface area contributed by atoms with Crippen LogP contribution in [0.5, 0.6) is 0 Å². The number of aromatic amines is 1. The normalized spacial score (nSPS) is 10.5. The highest BCUT2D eigenvalue weighted by molar-refractivity contribution is 14.1. The zero-order valence-electron chi connectivity index (χ0n) is 8.98. The highest BCUT2D eigenvalue weighted by Gasteiger charge is 2.10. The molecule has 0 amide bonds. The van der Waals surface area contributed by atoms with Crippen LogP contribution in [0.25, 0.3) is 11.5 Å². The number of aromatic nitrogens is 4. The summed E-state index contributed by atoms with van der Waals surface area (Å²) in [6.45, 7) is 0.292. The van der Waals surface area contributed by atoms with Crippen LogP contribution in [-0.4, -0.2) is 27.0 Å². The van der Waals surface area contributed by atoms with Crippen molar-refractivity contribution in [3.8, 4) is 11.5 Å². The molecule has 6 nitrogen and oxygen atoms in total. The molecule has 2 heterocycles. The third-order valence-corrected chi connectivity index (χ3v) is 3.15. The van der Waals surface area contributed by atoms with Crippen molar-refractivity contribution in [1.82, 2.24) is 19.9 Å². The maximum absolute atomic E-state index is 11.7. The van der Waals surface area contributed by atoms with E-state index in [0.29, 0.717) is 27.4 Å². The molecule has 0 unspecified atom stereocenters. The highest BCUT2D eigenvalue weighted by atomic mass is 127. The van der Waals surface area contributed by atoms with E-state index in [1.165, 1.54) is 6.33 Å². The van der Waals surface area contributed by atoms with E-state index in [1.54, 1.807) is 19.4 Å². The maximum Gasteiger partial charge on any atom is 0.265 e. The van der Waals surface area contributed by atoms with Gasteiger partial charge in [0.15, 0.2) is 5.82 Å². The second kappa shape index (κ2) is 5.32. The summed E-state index contributed by atoms with van der Waals surface area (Å²) in [6.07, 6.45) is 3.00. The summed E-state index contributed by atoms with van der Waals surface area (Å²) in [5, 5.41) is 0. The van der Waals surface area contributed by atoms with Crippen molar-refractivity contribution in [3.63, 3.8) is 0 Å². The lowest BCUT2D eigenvalue weighted by atomic mass is 10.3. The Morgan fingerprint density at radius 3 is 3.00 bits per heavy atom. The van der Waals surface area contributed by atoms with Gasteiger partial charge in [0.2, 0.25) is 0 Å². The van der Waals surface area contributed by atoms with Crippen LogP contribution in [0.4, 0.5) is 0 Å². The van der Waals surface area contributed by atoms with E-state index < -0.39 is 0 Å². The lowest BCUT2D eigenvalue weighted by Crippen LogP contribution is -2.17. The summed E-state index contributed by atoms with van der Waals surface area (Å²) in [4.78, 5) is 26.5. The van der Waals surface area contributed by atoms with E-state index in [2.05, 4.69) is 19.9 Å². The highest BCUT2D eigenvalue weighted by Crippen LogP contribution is 2.12. The van der Waals surface area contributed by atoms with Crippen LogP contribution in [0.15, 0.2) is 23.4 Å². The van der Waals surface area contributed by atoms with Gasteiger partial charge in [0, 0.05) is 13.3 Å². The monoisotopic (exact) mass is 344 g/mol. The number of nitrogens with one attached hydrogen (secondary N) is 1.